The minimum absolute atomic E-state index is 1.07. The van der Waals surface area contributed by atoms with E-state index in [2.05, 4.69) is 13.8 Å². The molecule has 16 heavy (non-hydrogen) atoms. The minimum atomic E-state index is 1.07. The van der Waals surface area contributed by atoms with Crippen LogP contribution in [-0.4, -0.2) is 0 Å². The van der Waals surface area contributed by atoms with E-state index in [1.165, 1.54) is 77.0 Å². The molecule has 0 saturated heterocycles. The maximum Gasteiger partial charge on any atom is -0.0414 e. The van der Waals surface area contributed by atoms with Gasteiger partial charge in [0.1, 0.15) is 0 Å². The van der Waals surface area contributed by atoms with Crippen LogP contribution in [0.1, 0.15) is 90.9 Å². The first-order valence-corrected chi connectivity index (χ1v) is 7.86. The molecule has 0 heteroatoms. The fourth-order valence-corrected chi connectivity index (χ4v) is 3.14. The molecule has 0 aromatic heterocycles. The summed E-state index contributed by atoms with van der Waals surface area (Å²) in [7, 11) is 0. The Bertz CT molecular complexity index is 142. The Hall–Kier alpha value is 0. The fraction of sp³-hybridized carbons (Fsp3) is 1.00. The summed E-state index contributed by atoms with van der Waals surface area (Å²) in [4.78, 5) is 0. The molecule has 0 N–H and O–H groups in total. The lowest BCUT2D eigenvalue weighted by molar-refractivity contribution is 0.253. The molecular formula is C16H32. The van der Waals surface area contributed by atoms with Crippen LogP contribution in [0.2, 0.25) is 0 Å². The van der Waals surface area contributed by atoms with Gasteiger partial charge >= 0.3 is 0 Å². The van der Waals surface area contributed by atoms with Crippen molar-refractivity contribution in [3.8, 4) is 0 Å². The van der Waals surface area contributed by atoms with E-state index in [-0.39, 0.29) is 0 Å². The monoisotopic (exact) mass is 224 g/mol. The number of rotatable bonds is 8. The van der Waals surface area contributed by atoms with Gasteiger partial charge in [-0.05, 0) is 11.8 Å². The second-order valence-electron chi connectivity index (χ2n) is 5.85. The van der Waals surface area contributed by atoms with E-state index in [0.717, 1.165) is 11.8 Å². The second-order valence-corrected chi connectivity index (χ2v) is 5.85. The second kappa shape index (κ2) is 9.07. The molecule has 0 spiro atoms. The molecule has 0 bridgehead atoms. The van der Waals surface area contributed by atoms with Gasteiger partial charge in [0.2, 0.25) is 0 Å². The van der Waals surface area contributed by atoms with Crippen LogP contribution in [0.5, 0.6) is 0 Å². The van der Waals surface area contributed by atoms with Crippen molar-refractivity contribution in [2.75, 3.05) is 0 Å². The van der Waals surface area contributed by atoms with E-state index < -0.39 is 0 Å². The summed E-state index contributed by atoms with van der Waals surface area (Å²) < 4.78 is 0. The Morgan fingerprint density at radius 3 is 1.88 bits per heavy atom. The molecule has 1 fully saturated rings. The van der Waals surface area contributed by atoms with Crippen LogP contribution >= 0.6 is 0 Å². The van der Waals surface area contributed by atoms with E-state index >= 15 is 0 Å². The number of unbranched alkanes of at least 4 members (excludes halogenated alkanes) is 5. The van der Waals surface area contributed by atoms with Gasteiger partial charge in [0, 0.05) is 0 Å². The molecular weight excluding hydrogens is 192 g/mol. The molecule has 0 atom stereocenters. The molecule has 0 heterocycles. The Morgan fingerprint density at radius 1 is 0.688 bits per heavy atom. The molecule has 1 rings (SSSR count). The largest absolute Gasteiger partial charge is 0.0654 e. The summed E-state index contributed by atoms with van der Waals surface area (Å²) >= 11 is 0. The molecule has 0 amide bonds. The van der Waals surface area contributed by atoms with E-state index in [1.807, 2.05) is 0 Å². The van der Waals surface area contributed by atoms with Crippen LogP contribution in [0.3, 0.4) is 0 Å². The van der Waals surface area contributed by atoms with Crippen LogP contribution in [-0.2, 0) is 0 Å². The van der Waals surface area contributed by atoms with Gasteiger partial charge in [0.25, 0.3) is 0 Å². The van der Waals surface area contributed by atoms with Crippen molar-refractivity contribution < 1.29 is 0 Å². The van der Waals surface area contributed by atoms with Crippen LogP contribution in [0.15, 0.2) is 0 Å². The Labute approximate surface area is 103 Å². The number of hydrogen-bond donors (Lipinski definition) is 0. The summed E-state index contributed by atoms with van der Waals surface area (Å²) in [6.07, 6.45) is 17.8. The molecule has 0 aliphatic heterocycles. The third kappa shape index (κ3) is 5.92. The van der Waals surface area contributed by atoms with Crippen molar-refractivity contribution in [3.05, 3.63) is 0 Å². The van der Waals surface area contributed by atoms with Crippen LogP contribution in [0, 0.1) is 11.8 Å². The maximum atomic E-state index is 2.36. The van der Waals surface area contributed by atoms with Gasteiger partial charge in [-0.3, -0.25) is 0 Å². The molecule has 96 valence electrons. The van der Waals surface area contributed by atoms with Crippen molar-refractivity contribution in [3.63, 3.8) is 0 Å². The lowest BCUT2D eigenvalue weighted by atomic mass is 9.79. The average molecular weight is 224 g/mol. The molecule has 0 unspecified atom stereocenters. The van der Waals surface area contributed by atoms with Crippen molar-refractivity contribution in [1.82, 2.24) is 0 Å². The van der Waals surface area contributed by atoms with Crippen molar-refractivity contribution in [1.29, 1.82) is 0 Å². The van der Waals surface area contributed by atoms with Crippen LogP contribution < -0.4 is 0 Å². The quantitative estimate of drug-likeness (QED) is 0.447. The minimum Gasteiger partial charge on any atom is -0.0654 e. The van der Waals surface area contributed by atoms with E-state index in [0.29, 0.717) is 0 Å². The lowest BCUT2D eigenvalue weighted by Crippen LogP contribution is -2.13. The Kier molecular flexibility index (Phi) is 7.98. The smallest absolute Gasteiger partial charge is 0.0414 e. The van der Waals surface area contributed by atoms with Gasteiger partial charge in [0.05, 0.1) is 0 Å². The van der Waals surface area contributed by atoms with Gasteiger partial charge < -0.3 is 0 Å². The zero-order valence-corrected chi connectivity index (χ0v) is 11.6. The molecule has 1 saturated carbocycles. The van der Waals surface area contributed by atoms with Crippen molar-refractivity contribution in [2.45, 2.75) is 90.9 Å². The van der Waals surface area contributed by atoms with Crippen molar-refractivity contribution in [2.24, 2.45) is 11.8 Å². The van der Waals surface area contributed by atoms with E-state index in [4.69, 9.17) is 0 Å². The summed E-state index contributed by atoms with van der Waals surface area (Å²) in [5.74, 6) is 2.16. The lowest BCUT2D eigenvalue weighted by Gasteiger charge is -2.27. The van der Waals surface area contributed by atoms with Gasteiger partial charge in [-0.2, -0.15) is 0 Å². The maximum absolute atomic E-state index is 2.36. The highest BCUT2D eigenvalue weighted by Crippen LogP contribution is 2.33. The standard InChI is InChI=1S/C16H32/c1-3-5-6-7-8-9-10-16-13-11-15(4-2)12-14-16/h15-16H,3-14H2,1-2H3. The SMILES string of the molecule is CCCCCCCCC1CCC(CC)CC1. The topological polar surface area (TPSA) is 0 Å². The zero-order valence-electron chi connectivity index (χ0n) is 11.6. The molecule has 1 aliphatic rings. The zero-order chi connectivity index (χ0) is 11.6. The summed E-state index contributed by atoms with van der Waals surface area (Å²) in [6.45, 7) is 4.66. The fourth-order valence-electron chi connectivity index (χ4n) is 3.14. The summed E-state index contributed by atoms with van der Waals surface area (Å²) in [5, 5.41) is 0. The molecule has 0 aromatic carbocycles. The highest BCUT2D eigenvalue weighted by atomic mass is 14.2. The summed E-state index contributed by atoms with van der Waals surface area (Å²) in [5.41, 5.74) is 0. The average Bonchev–Trinajstić information content (AvgIpc) is 2.34. The molecule has 0 radical (unpaired) electrons. The Balaban J connectivity index is 1.90. The first-order valence-electron chi connectivity index (χ1n) is 7.86. The van der Waals surface area contributed by atoms with Gasteiger partial charge in [-0.25, -0.2) is 0 Å². The normalized spacial score (nSPS) is 25.9. The highest BCUT2D eigenvalue weighted by molar-refractivity contribution is 4.71. The van der Waals surface area contributed by atoms with Crippen LogP contribution in [0.25, 0.3) is 0 Å². The third-order valence-corrected chi connectivity index (χ3v) is 4.51. The number of hydrogen-bond acceptors (Lipinski definition) is 0. The van der Waals surface area contributed by atoms with Gasteiger partial charge in [-0.15, -0.1) is 0 Å². The molecule has 0 aromatic rings. The predicted octanol–water partition coefficient (Wildman–Crippen LogP) is 5.95. The summed E-state index contributed by atoms with van der Waals surface area (Å²) in [6, 6.07) is 0. The highest BCUT2D eigenvalue weighted by Gasteiger charge is 2.19. The first-order chi connectivity index (χ1) is 7.86. The van der Waals surface area contributed by atoms with Gasteiger partial charge in [0.15, 0.2) is 0 Å². The molecule has 0 nitrogen and oxygen atoms in total. The third-order valence-electron chi connectivity index (χ3n) is 4.51. The van der Waals surface area contributed by atoms with E-state index in [9.17, 15) is 0 Å². The molecule has 1 aliphatic carbocycles. The van der Waals surface area contributed by atoms with Gasteiger partial charge in [-0.1, -0.05) is 90.9 Å². The predicted molar refractivity (Wildman–Crippen MR) is 73.7 cm³/mol. The van der Waals surface area contributed by atoms with Crippen molar-refractivity contribution >= 4 is 0 Å². The first kappa shape index (κ1) is 14.1. The van der Waals surface area contributed by atoms with Crippen LogP contribution in [0.4, 0.5) is 0 Å². The van der Waals surface area contributed by atoms with E-state index in [1.54, 1.807) is 0 Å². The Morgan fingerprint density at radius 2 is 1.25 bits per heavy atom.